The number of nitrogens with one attached hydrogen (secondary N) is 1. The van der Waals surface area contributed by atoms with Gasteiger partial charge in [0, 0.05) is 5.56 Å². The molecule has 1 aromatic rings. The Morgan fingerprint density at radius 3 is 2.35 bits per heavy atom. The average molecular weight is 232 g/mol. The minimum atomic E-state index is -0.0846. The van der Waals surface area contributed by atoms with Crippen LogP contribution in [0.5, 0.6) is 0 Å². The van der Waals surface area contributed by atoms with Crippen molar-refractivity contribution in [1.82, 2.24) is 0 Å². The Morgan fingerprint density at radius 1 is 1.18 bits per heavy atom. The zero-order chi connectivity index (χ0) is 12.8. The zero-order valence-corrected chi connectivity index (χ0v) is 9.64. The first-order chi connectivity index (χ1) is 8.04. The molecular weight excluding hydrogens is 216 g/mol. The molecule has 0 aliphatic rings. The minimum Gasteiger partial charge on any atom is -0.384 e. The number of nitrogens with two attached hydrogens (primary N) is 3. The summed E-state index contributed by atoms with van der Waals surface area (Å²) >= 11 is 0. The summed E-state index contributed by atoms with van der Waals surface area (Å²) in [5.41, 5.74) is 18.1. The smallest absolute Gasteiger partial charge is 0.211 e. The van der Waals surface area contributed by atoms with Crippen LogP contribution in [0.2, 0.25) is 0 Å². The van der Waals surface area contributed by atoms with Gasteiger partial charge in [0.1, 0.15) is 5.84 Å². The van der Waals surface area contributed by atoms with E-state index >= 15 is 0 Å². The van der Waals surface area contributed by atoms with Crippen molar-refractivity contribution >= 4 is 17.5 Å². The van der Waals surface area contributed by atoms with E-state index in [1.807, 2.05) is 19.1 Å². The first kappa shape index (κ1) is 12.7. The molecule has 0 aliphatic carbocycles. The molecule has 1 rings (SSSR count). The van der Waals surface area contributed by atoms with Crippen LogP contribution in [-0.2, 0) is 0 Å². The lowest BCUT2D eigenvalue weighted by Crippen LogP contribution is -2.22. The van der Waals surface area contributed by atoms with Gasteiger partial charge < -0.3 is 17.2 Å². The summed E-state index contributed by atoms with van der Waals surface area (Å²) in [6.45, 7) is 1.95. The molecule has 0 amide bonds. The molecule has 0 saturated heterocycles. The first-order valence-corrected chi connectivity index (χ1v) is 5.15. The standard InChI is InChI=1S/C11H16N6/c1-2-9(16-17-11(14)15)7-4-3-5-8(6-7)10(12)13/h3-6H,2H2,1H3,(H3,12,13)(H4,14,15,17)/b16-9+. The lowest BCUT2D eigenvalue weighted by atomic mass is 10.0. The maximum absolute atomic E-state index is 7.37. The van der Waals surface area contributed by atoms with Crippen molar-refractivity contribution < 1.29 is 0 Å². The zero-order valence-electron chi connectivity index (χ0n) is 9.64. The summed E-state index contributed by atoms with van der Waals surface area (Å²) in [6, 6.07) is 7.23. The van der Waals surface area contributed by atoms with Gasteiger partial charge in [-0.2, -0.15) is 5.10 Å². The highest BCUT2D eigenvalue weighted by Crippen LogP contribution is 2.08. The van der Waals surface area contributed by atoms with Crippen LogP contribution in [0.1, 0.15) is 24.5 Å². The second kappa shape index (κ2) is 5.64. The molecule has 7 N–H and O–H groups in total. The van der Waals surface area contributed by atoms with E-state index in [4.69, 9.17) is 22.6 Å². The van der Waals surface area contributed by atoms with Crippen molar-refractivity contribution in [3.8, 4) is 0 Å². The molecule has 17 heavy (non-hydrogen) atoms. The van der Waals surface area contributed by atoms with Gasteiger partial charge in [0.25, 0.3) is 0 Å². The molecule has 0 bridgehead atoms. The van der Waals surface area contributed by atoms with Gasteiger partial charge in [0.05, 0.1) is 5.71 Å². The third kappa shape index (κ3) is 3.60. The summed E-state index contributed by atoms with van der Waals surface area (Å²) in [7, 11) is 0. The largest absolute Gasteiger partial charge is 0.384 e. The molecule has 0 fully saturated rings. The van der Waals surface area contributed by atoms with Gasteiger partial charge in [-0.1, -0.05) is 25.1 Å². The number of nitrogen functional groups attached to an aromatic ring is 1. The number of hydrogen-bond acceptors (Lipinski definition) is 3. The Morgan fingerprint density at radius 2 is 1.82 bits per heavy atom. The number of benzene rings is 1. The van der Waals surface area contributed by atoms with Gasteiger partial charge in [-0.3, -0.25) is 5.41 Å². The van der Waals surface area contributed by atoms with E-state index in [9.17, 15) is 0 Å². The van der Waals surface area contributed by atoms with Crippen LogP contribution in [0.4, 0.5) is 0 Å². The Labute approximate surface area is 99.7 Å². The Bertz CT molecular complexity index is 471. The number of amidine groups is 1. The van der Waals surface area contributed by atoms with Crippen molar-refractivity contribution in [3.05, 3.63) is 35.4 Å². The van der Waals surface area contributed by atoms with Gasteiger partial charge in [-0.05, 0) is 18.1 Å². The topological polar surface area (TPSA) is 127 Å². The highest BCUT2D eigenvalue weighted by atomic mass is 15.3. The van der Waals surface area contributed by atoms with Crippen molar-refractivity contribution in [2.75, 3.05) is 0 Å². The Kier molecular flexibility index (Phi) is 4.21. The predicted molar refractivity (Wildman–Crippen MR) is 70.1 cm³/mol. The van der Waals surface area contributed by atoms with Crippen molar-refractivity contribution in [3.63, 3.8) is 0 Å². The predicted octanol–water partition coefficient (Wildman–Crippen LogP) is 0.358. The van der Waals surface area contributed by atoms with Crippen LogP contribution in [0, 0.1) is 5.41 Å². The molecule has 0 spiro atoms. The second-order valence-corrected chi connectivity index (χ2v) is 3.42. The lowest BCUT2D eigenvalue weighted by Gasteiger charge is -2.04. The fourth-order valence-corrected chi connectivity index (χ4v) is 1.32. The molecule has 0 heterocycles. The Hall–Kier alpha value is -2.37. The lowest BCUT2D eigenvalue weighted by molar-refractivity contribution is 1.15. The number of guanidine groups is 1. The fraction of sp³-hybridized carbons (Fsp3) is 0.182. The quantitative estimate of drug-likeness (QED) is 0.340. The molecule has 90 valence electrons. The number of rotatable bonds is 4. The van der Waals surface area contributed by atoms with Crippen molar-refractivity contribution in [2.24, 2.45) is 27.4 Å². The van der Waals surface area contributed by atoms with Crippen molar-refractivity contribution in [2.45, 2.75) is 13.3 Å². The van der Waals surface area contributed by atoms with E-state index in [-0.39, 0.29) is 11.8 Å². The van der Waals surface area contributed by atoms with E-state index in [2.05, 4.69) is 10.2 Å². The Balaban J connectivity index is 3.12. The van der Waals surface area contributed by atoms with E-state index < -0.39 is 0 Å². The van der Waals surface area contributed by atoms with Crippen LogP contribution in [-0.4, -0.2) is 17.5 Å². The van der Waals surface area contributed by atoms with Crippen molar-refractivity contribution in [1.29, 1.82) is 5.41 Å². The minimum absolute atomic E-state index is 0.0177. The highest BCUT2D eigenvalue weighted by molar-refractivity contribution is 6.03. The molecule has 0 aliphatic heterocycles. The van der Waals surface area contributed by atoms with E-state index in [0.717, 1.165) is 11.3 Å². The third-order valence-corrected chi connectivity index (χ3v) is 2.13. The maximum Gasteiger partial charge on any atom is 0.211 e. The average Bonchev–Trinajstić information content (AvgIpc) is 2.30. The van der Waals surface area contributed by atoms with Gasteiger partial charge in [0.15, 0.2) is 0 Å². The monoisotopic (exact) mass is 232 g/mol. The highest BCUT2D eigenvalue weighted by Gasteiger charge is 2.03. The molecule has 0 radical (unpaired) electrons. The number of hydrogen-bond donors (Lipinski definition) is 4. The fourth-order valence-electron chi connectivity index (χ4n) is 1.32. The molecule has 0 saturated carbocycles. The molecule has 6 heteroatoms. The van der Waals surface area contributed by atoms with Crippen LogP contribution < -0.4 is 17.2 Å². The number of nitrogens with zero attached hydrogens (tertiary/aromatic N) is 2. The van der Waals surface area contributed by atoms with E-state index in [0.29, 0.717) is 12.0 Å². The summed E-state index contributed by atoms with van der Waals surface area (Å²) in [6.07, 6.45) is 0.679. The summed E-state index contributed by atoms with van der Waals surface area (Å²) in [4.78, 5) is 0. The normalized spacial score (nSPS) is 11.0. The summed E-state index contributed by atoms with van der Waals surface area (Å²) < 4.78 is 0. The van der Waals surface area contributed by atoms with Crippen LogP contribution in [0.3, 0.4) is 0 Å². The second-order valence-electron chi connectivity index (χ2n) is 3.42. The third-order valence-electron chi connectivity index (χ3n) is 2.13. The van der Waals surface area contributed by atoms with E-state index in [1.54, 1.807) is 12.1 Å². The molecule has 6 nitrogen and oxygen atoms in total. The summed E-state index contributed by atoms with van der Waals surface area (Å²) in [5.74, 6) is -0.0668. The van der Waals surface area contributed by atoms with E-state index in [1.165, 1.54) is 0 Å². The molecule has 0 unspecified atom stereocenters. The van der Waals surface area contributed by atoms with Crippen LogP contribution >= 0.6 is 0 Å². The van der Waals surface area contributed by atoms with Gasteiger partial charge in [-0.25, -0.2) is 0 Å². The maximum atomic E-state index is 7.37. The summed E-state index contributed by atoms with van der Waals surface area (Å²) in [5, 5.41) is 14.9. The molecule has 0 aromatic heterocycles. The molecule has 0 atom stereocenters. The first-order valence-electron chi connectivity index (χ1n) is 5.15. The molecule has 1 aromatic carbocycles. The molecular formula is C11H16N6. The van der Waals surface area contributed by atoms with Crippen LogP contribution in [0.15, 0.2) is 34.5 Å². The van der Waals surface area contributed by atoms with Crippen LogP contribution in [0.25, 0.3) is 0 Å². The van der Waals surface area contributed by atoms with Gasteiger partial charge >= 0.3 is 0 Å². The van der Waals surface area contributed by atoms with Gasteiger partial charge in [-0.15, -0.1) is 5.10 Å². The SMILES string of the molecule is CC/C(=N\N=C(N)N)c1cccc(C(=N)N)c1. The van der Waals surface area contributed by atoms with Gasteiger partial charge in [0.2, 0.25) is 5.96 Å².